The zero-order chi connectivity index (χ0) is 13.4. The van der Waals surface area contributed by atoms with E-state index in [2.05, 4.69) is 17.6 Å². The maximum Gasteiger partial charge on any atom is 0.312 e. The Morgan fingerprint density at radius 2 is 1.83 bits per heavy atom. The fourth-order valence-electron chi connectivity index (χ4n) is 2.33. The number of hydrogen-bond donors (Lipinski definition) is 3. The first-order valence-electron chi connectivity index (χ1n) is 6.90. The molecule has 1 aliphatic carbocycles. The van der Waals surface area contributed by atoms with Gasteiger partial charge in [-0.2, -0.15) is 0 Å². The van der Waals surface area contributed by atoms with E-state index in [1.54, 1.807) is 0 Å². The zero-order valence-corrected chi connectivity index (χ0v) is 11.2. The first-order valence-corrected chi connectivity index (χ1v) is 6.90. The van der Waals surface area contributed by atoms with Gasteiger partial charge in [-0.25, -0.2) is 4.79 Å². The molecular formula is C13H25N3O2. The van der Waals surface area contributed by atoms with Crippen molar-refractivity contribution in [1.29, 1.82) is 0 Å². The summed E-state index contributed by atoms with van der Waals surface area (Å²) >= 11 is 0. The van der Waals surface area contributed by atoms with Gasteiger partial charge in [-0.1, -0.05) is 6.92 Å². The van der Waals surface area contributed by atoms with E-state index in [4.69, 9.17) is 5.73 Å². The van der Waals surface area contributed by atoms with Crippen LogP contribution in [0.5, 0.6) is 0 Å². The third kappa shape index (κ3) is 6.47. The summed E-state index contributed by atoms with van der Waals surface area (Å²) in [5.74, 6) is 0.937. The average Bonchev–Trinajstić information content (AvgIpc) is 2.31. The lowest BCUT2D eigenvalue weighted by atomic mass is 9.87. The number of amides is 3. The van der Waals surface area contributed by atoms with Gasteiger partial charge in [-0.05, 0) is 44.4 Å². The summed E-state index contributed by atoms with van der Waals surface area (Å²) < 4.78 is 0. The number of urea groups is 1. The molecule has 0 atom stereocenters. The van der Waals surface area contributed by atoms with Crippen LogP contribution in [0, 0.1) is 5.92 Å². The fourth-order valence-corrected chi connectivity index (χ4v) is 2.33. The monoisotopic (exact) mass is 255 g/mol. The van der Waals surface area contributed by atoms with Gasteiger partial charge in [0.2, 0.25) is 5.91 Å². The maximum absolute atomic E-state index is 11.7. The SMILES string of the molecule is CC1CCC(NC(=O)CCCCNC(N)=O)CC1. The second-order valence-electron chi connectivity index (χ2n) is 5.27. The number of rotatable bonds is 6. The minimum Gasteiger partial charge on any atom is -0.353 e. The molecule has 0 aromatic carbocycles. The van der Waals surface area contributed by atoms with Crippen molar-refractivity contribution >= 4 is 11.9 Å². The molecule has 3 amide bonds. The van der Waals surface area contributed by atoms with Crippen molar-refractivity contribution in [2.45, 2.75) is 57.9 Å². The Kier molecular flexibility index (Phi) is 6.54. The summed E-state index contributed by atoms with van der Waals surface area (Å²) in [6.07, 6.45) is 6.76. The Bertz CT molecular complexity index is 273. The van der Waals surface area contributed by atoms with Crippen LogP contribution in [0.4, 0.5) is 4.79 Å². The molecule has 0 aromatic rings. The topological polar surface area (TPSA) is 84.2 Å². The van der Waals surface area contributed by atoms with Crippen molar-refractivity contribution in [2.24, 2.45) is 11.7 Å². The van der Waals surface area contributed by atoms with Gasteiger partial charge in [0.25, 0.3) is 0 Å². The third-order valence-electron chi connectivity index (χ3n) is 3.51. The number of unbranched alkanes of at least 4 members (excludes halogenated alkanes) is 1. The molecule has 0 bridgehead atoms. The minimum absolute atomic E-state index is 0.133. The molecule has 5 heteroatoms. The summed E-state index contributed by atoms with van der Waals surface area (Å²) in [6, 6.07) is -0.131. The maximum atomic E-state index is 11.7. The van der Waals surface area contributed by atoms with Crippen LogP contribution in [0.2, 0.25) is 0 Å². The second kappa shape index (κ2) is 7.95. The predicted octanol–water partition coefficient (Wildman–Crippen LogP) is 1.52. The molecule has 1 saturated carbocycles. The van der Waals surface area contributed by atoms with Crippen LogP contribution in [-0.2, 0) is 4.79 Å². The van der Waals surface area contributed by atoms with Crippen molar-refractivity contribution in [2.75, 3.05) is 6.54 Å². The molecule has 0 aromatic heterocycles. The molecule has 0 unspecified atom stereocenters. The molecule has 1 fully saturated rings. The predicted molar refractivity (Wildman–Crippen MR) is 71.0 cm³/mol. The molecular weight excluding hydrogens is 230 g/mol. The normalized spacial score (nSPS) is 23.4. The summed E-state index contributed by atoms with van der Waals surface area (Å²) in [6.45, 7) is 2.81. The highest BCUT2D eigenvalue weighted by molar-refractivity contribution is 5.76. The highest BCUT2D eigenvalue weighted by Gasteiger charge is 2.19. The molecule has 0 spiro atoms. The largest absolute Gasteiger partial charge is 0.353 e. The van der Waals surface area contributed by atoms with Gasteiger partial charge in [0.05, 0.1) is 0 Å². The Labute approximate surface area is 109 Å². The van der Waals surface area contributed by atoms with E-state index in [-0.39, 0.29) is 5.91 Å². The summed E-state index contributed by atoms with van der Waals surface area (Å²) in [4.78, 5) is 22.1. The highest BCUT2D eigenvalue weighted by atomic mass is 16.2. The first kappa shape index (κ1) is 14.8. The molecule has 5 nitrogen and oxygen atoms in total. The van der Waals surface area contributed by atoms with Gasteiger partial charge in [0, 0.05) is 19.0 Å². The smallest absolute Gasteiger partial charge is 0.312 e. The van der Waals surface area contributed by atoms with Gasteiger partial charge in [-0.3, -0.25) is 4.79 Å². The van der Waals surface area contributed by atoms with Crippen LogP contribution in [0.3, 0.4) is 0 Å². The highest BCUT2D eigenvalue weighted by Crippen LogP contribution is 2.23. The quantitative estimate of drug-likeness (QED) is 0.629. The van der Waals surface area contributed by atoms with Crippen LogP contribution in [-0.4, -0.2) is 24.5 Å². The number of nitrogens with one attached hydrogen (secondary N) is 2. The van der Waals surface area contributed by atoms with Gasteiger partial charge in [-0.15, -0.1) is 0 Å². The van der Waals surface area contributed by atoms with Crippen molar-refractivity contribution < 1.29 is 9.59 Å². The number of nitrogens with two attached hydrogens (primary N) is 1. The first-order chi connectivity index (χ1) is 8.58. The standard InChI is InChI=1S/C13H25N3O2/c1-10-5-7-11(8-6-10)16-12(17)4-2-3-9-15-13(14)18/h10-11H,2-9H2,1H3,(H,16,17)(H3,14,15,18). The molecule has 0 aliphatic heterocycles. The summed E-state index contributed by atoms with van der Waals surface area (Å²) in [5.41, 5.74) is 4.94. The second-order valence-corrected chi connectivity index (χ2v) is 5.27. The summed E-state index contributed by atoms with van der Waals surface area (Å²) in [5, 5.41) is 5.60. The van der Waals surface area contributed by atoms with E-state index < -0.39 is 6.03 Å². The number of carbonyl (C=O) groups is 2. The Morgan fingerprint density at radius 1 is 1.17 bits per heavy atom. The summed E-state index contributed by atoms with van der Waals surface area (Å²) in [7, 11) is 0. The molecule has 4 N–H and O–H groups in total. The lowest BCUT2D eigenvalue weighted by molar-refractivity contribution is -0.122. The van der Waals surface area contributed by atoms with Crippen LogP contribution in [0.25, 0.3) is 0 Å². The molecule has 0 saturated heterocycles. The Morgan fingerprint density at radius 3 is 2.44 bits per heavy atom. The lowest BCUT2D eigenvalue weighted by Gasteiger charge is -2.26. The molecule has 1 aliphatic rings. The van der Waals surface area contributed by atoms with E-state index in [1.165, 1.54) is 12.8 Å². The van der Waals surface area contributed by atoms with Crippen molar-refractivity contribution in [3.63, 3.8) is 0 Å². The van der Waals surface area contributed by atoms with E-state index in [9.17, 15) is 9.59 Å². The average molecular weight is 255 g/mol. The van der Waals surface area contributed by atoms with E-state index in [0.717, 1.165) is 31.6 Å². The van der Waals surface area contributed by atoms with Crippen molar-refractivity contribution in [1.82, 2.24) is 10.6 Å². The minimum atomic E-state index is -0.504. The van der Waals surface area contributed by atoms with Gasteiger partial charge in [0.15, 0.2) is 0 Å². The number of hydrogen-bond acceptors (Lipinski definition) is 2. The Hall–Kier alpha value is -1.26. The van der Waals surface area contributed by atoms with E-state index in [0.29, 0.717) is 19.0 Å². The Balaban J connectivity index is 2.01. The van der Waals surface area contributed by atoms with Gasteiger partial charge in [0.1, 0.15) is 0 Å². The van der Waals surface area contributed by atoms with Gasteiger partial charge >= 0.3 is 6.03 Å². The van der Waals surface area contributed by atoms with E-state index in [1.807, 2.05) is 0 Å². The third-order valence-corrected chi connectivity index (χ3v) is 3.51. The molecule has 0 radical (unpaired) electrons. The molecule has 104 valence electrons. The van der Waals surface area contributed by atoms with Crippen LogP contribution >= 0.6 is 0 Å². The lowest BCUT2D eigenvalue weighted by Crippen LogP contribution is -2.37. The fraction of sp³-hybridized carbons (Fsp3) is 0.846. The van der Waals surface area contributed by atoms with Crippen LogP contribution in [0.1, 0.15) is 51.9 Å². The van der Waals surface area contributed by atoms with Crippen LogP contribution in [0.15, 0.2) is 0 Å². The van der Waals surface area contributed by atoms with Crippen molar-refractivity contribution in [3.05, 3.63) is 0 Å². The van der Waals surface area contributed by atoms with Crippen molar-refractivity contribution in [3.8, 4) is 0 Å². The molecule has 0 heterocycles. The van der Waals surface area contributed by atoms with Gasteiger partial charge < -0.3 is 16.4 Å². The van der Waals surface area contributed by atoms with E-state index >= 15 is 0 Å². The number of primary amides is 1. The van der Waals surface area contributed by atoms with Crippen LogP contribution < -0.4 is 16.4 Å². The molecule has 18 heavy (non-hydrogen) atoms. The zero-order valence-electron chi connectivity index (χ0n) is 11.2. The number of carbonyl (C=O) groups excluding carboxylic acids is 2. The molecule has 1 rings (SSSR count).